The van der Waals surface area contributed by atoms with Crippen LogP contribution in [0.4, 0.5) is 10.6 Å². The number of nitrogens with zero attached hydrogens (tertiary/aromatic N) is 3. The SMILES string of the molecule is O=C(NCC[C@@H]1CCCO1)N1CC[C@H](Oc2cccnc2N2CCCC2)C1. The smallest absolute Gasteiger partial charge is 0.317 e. The van der Waals surface area contributed by atoms with E-state index in [-0.39, 0.29) is 12.1 Å². The molecule has 0 unspecified atom stereocenters. The van der Waals surface area contributed by atoms with Gasteiger partial charge in [-0.3, -0.25) is 0 Å². The summed E-state index contributed by atoms with van der Waals surface area (Å²) in [6, 6.07) is 3.91. The van der Waals surface area contributed by atoms with Gasteiger partial charge in [0.1, 0.15) is 6.10 Å². The highest BCUT2D eigenvalue weighted by atomic mass is 16.5. The summed E-state index contributed by atoms with van der Waals surface area (Å²) >= 11 is 0. The van der Waals surface area contributed by atoms with E-state index in [1.807, 2.05) is 23.2 Å². The molecule has 1 aromatic heterocycles. The number of likely N-dealkylation sites (tertiary alicyclic amines) is 1. The number of anilines is 1. The fraction of sp³-hybridized carbons (Fsp3) is 0.700. The summed E-state index contributed by atoms with van der Waals surface area (Å²) in [4.78, 5) is 21.1. The van der Waals surface area contributed by atoms with E-state index in [0.29, 0.717) is 19.2 Å². The molecule has 7 nitrogen and oxygen atoms in total. The van der Waals surface area contributed by atoms with Gasteiger partial charge in [0.15, 0.2) is 11.6 Å². The van der Waals surface area contributed by atoms with Crippen molar-refractivity contribution in [3.05, 3.63) is 18.3 Å². The Kier molecular flexibility index (Phi) is 5.97. The molecule has 1 N–H and O–H groups in total. The first-order chi connectivity index (χ1) is 13.3. The molecule has 3 saturated heterocycles. The van der Waals surface area contributed by atoms with Crippen molar-refractivity contribution in [2.45, 2.75) is 50.7 Å². The van der Waals surface area contributed by atoms with Gasteiger partial charge in [-0.2, -0.15) is 0 Å². The van der Waals surface area contributed by atoms with Gasteiger partial charge in [0.25, 0.3) is 0 Å². The monoisotopic (exact) mass is 374 g/mol. The number of carbonyl (C=O) groups excluding carboxylic acids is 1. The van der Waals surface area contributed by atoms with Crippen LogP contribution in [0.5, 0.6) is 5.75 Å². The summed E-state index contributed by atoms with van der Waals surface area (Å²) in [5, 5.41) is 3.02. The molecule has 0 saturated carbocycles. The van der Waals surface area contributed by atoms with E-state index in [1.54, 1.807) is 0 Å². The van der Waals surface area contributed by atoms with Crippen LogP contribution in [0.15, 0.2) is 18.3 Å². The molecule has 0 bridgehead atoms. The number of urea groups is 1. The number of aromatic nitrogens is 1. The average molecular weight is 374 g/mol. The summed E-state index contributed by atoms with van der Waals surface area (Å²) in [5.41, 5.74) is 0. The van der Waals surface area contributed by atoms with Crippen LogP contribution in [0.3, 0.4) is 0 Å². The molecule has 1 aromatic rings. The van der Waals surface area contributed by atoms with Crippen molar-refractivity contribution in [1.82, 2.24) is 15.2 Å². The number of pyridine rings is 1. The van der Waals surface area contributed by atoms with E-state index >= 15 is 0 Å². The van der Waals surface area contributed by atoms with Crippen LogP contribution in [0.2, 0.25) is 0 Å². The first kappa shape index (κ1) is 18.3. The Morgan fingerprint density at radius 2 is 2.15 bits per heavy atom. The largest absolute Gasteiger partial charge is 0.485 e. The van der Waals surface area contributed by atoms with E-state index in [2.05, 4.69) is 15.2 Å². The highest BCUT2D eigenvalue weighted by Gasteiger charge is 2.29. The molecule has 3 aliphatic rings. The van der Waals surface area contributed by atoms with Crippen molar-refractivity contribution in [3.8, 4) is 5.75 Å². The van der Waals surface area contributed by atoms with Gasteiger partial charge in [0.05, 0.1) is 12.6 Å². The third-order valence-electron chi connectivity index (χ3n) is 5.65. The Morgan fingerprint density at radius 1 is 1.26 bits per heavy atom. The predicted molar refractivity (Wildman–Crippen MR) is 103 cm³/mol. The first-order valence-electron chi connectivity index (χ1n) is 10.3. The summed E-state index contributed by atoms with van der Waals surface area (Å²) in [5.74, 6) is 1.78. The number of amides is 2. The number of rotatable bonds is 6. The third-order valence-corrected chi connectivity index (χ3v) is 5.65. The van der Waals surface area contributed by atoms with Crippen molar-refractivity contribution < 1.29 is 14.3 Å². The Morgan fingerprint density at radius 3 is 2.96 bits per heavy atom. The lowest BCUT2D eigenvalue weighted by molar-refractivity contribution is 0.104. The van der Waals surface area contributed by atoms with E-state index in [1.165, 1.54) is 12.8 Å². The Balaban J connectivity index is 1.25. The highest BCUT2D eigenvalue weighted by molar-refractivity contribution is 5.74. The zero-order valence-electron chi connectivity index (χ0n) is 15.9. The van der Waals surface area contributed by atoms with Gasteiger partial charge in [-0.25, -0.2) is 9.78 Å². The minimum Gasteiger partial charge on any atom is -0.485 e. The Bertz CT molecular complexity index is 629. The zero-order valence-corrected chi connectivity index (χ0v) is 15.9. The molecule has 4 rings (SSSR count). The van der Waals surface area contributed by atoms with Gasteiger partial charge < -0.3 is 24.6 Å². The van der Waals surface area contributed by atoms with Gasteiger partial charge >= 0.3 is 6.03 Å². The number of hydrogen-bond donors (Lipinski definition) is 1. The molecule has 2 amide bonds. The minimum atomic E-state index is 0.00468. The van der Waals surface area contributed by atoms with Gasteiger partial charge in [-0.1, -0.05) is 0 Å². The Hall–Kier alpha value is -2.02. The molecule has 0 spiro atoms. The third kappa shape index (κ3) is 4.64. The van der Waals surface area contributed by atoms with Crippen LogP contribution >= 0.6 is 0 Å². The highest BCUT2D eigenvalue weighted by Crippen LogP contribution is 2.30. The molecular formula is C20H30N4O3. The lowest BCUT2D eigenvalue weighted by Gasteiger charge is -2.22. The van der Waals surface area contributed by atoms with Crippen molar-refractivity contribution >= 4 is 11.8 Å². The summed E-state index contributed by atoms with van der Waals surface area (Å²) < 4.78 is 11.8. The molecule has 7 heteroatoms. The second-order valence-electron chi connectivity index (χ2n) is 7.65. The van der Waals surface area contributed by atoms with E-state index in [0.717, 1.165) is 63.5 Å². The first-order valence-corrected chi connectivity index (χ1v) is 10.3. The van der Waals surface area contributed by atoms with E-state index in [9.17, 15) is 4.79 Å². The lowest BCUT2D eigenvalue weighted by Crippen LogP contribution is -2.40. The molecule has 148 valence electrons. The van der Waals surface area contributed by atoms with Crippen molar-refractivity contribution in [2.24, 2.45) is 0 Å². The number of nitrogens with one attached hydrogen (secondary N) is 1. The summed E-state index contributed by atoms with van der Waals surface area (Å²) in [6.07, 6.45) is 8.58. The summed E-state index contributed by atoms with van der Waals surface area (Å²) in [7, 11) is 0. The molecular weight excluding hydrogens is 344 g/mol. The second kappa shape index (κ2) is 8.78. The van der Waals surface area contributed by atoms with E-state index < -0.39 is 0 Å². The lowest BCUT2D eigenvalue weighted by atomic mass is 10.2. The van der Waals surface area contributed by atoms with Crippen molar-refractivity contribution in [1.29, 1.82) is 0 Å². The van der Waals surface area contributed by atoms with E-state index in [4.69, 9.17) is 9.47 Å². The van der Waals surface area contributed by atoms with Gasteiger partial charge in [-0.05, 0) is 44.2 Å². The maximum atomic E-state index is 12.4. The quantitative estimate of drug-likeness (QED) is 0.828. The van der Waals surface area contributed by atoms with Gasteiger partial charge in [0.2, 0.25) is 0 Å². The number of hydrogen-bond acceptors (Lipinski definition) is 5. The average Bonchev–Trinajstić information content (AvgIpc) is 3.45. The number of carbonyl (C=O) groups is 1. The van der Waals surface area contributed by atoms with Crippen molar-refractivity contribution in [3.63, 3.8) is 0 Å². The molecule has 4 heterocycles. The maximum Gasteiger partial charge on any atom is 0.317 e. The Labute approximate surface area is 161 Å². The molecule has 0 radical (unpaired) electrons. The predicted octanol–water partition coefficient (Wildman–Crippen LogP) is 2.41. The molecule has 0 aliphatic carbocycles. The van der Waals surface area contributed by atoms with Crippen LogP contribution in [-0.2, 0) is 4.74 Å². The molecule has 2 atom stereocenters. The maximum absolute atomic E-state index is 12.4. The van der Waals surface area contributed by atoms with Crippen LogP contribution in [0, 0.1) is 0 Å². The topological polar surface area (TPSA) is 66.9 Å². The van der Waals surface area contributed by atoms with Gasteiger partial charge in [-0.15, -0.1) is 0 Å². The standard InChI is InChI=1S/C20H30N4O3/c25-20(22-10-7-16-5-4-14-26-16)24-13-8-17(15-24)27-18-6-3-9-21-19(18)23-11-1-2-12-23/h3,6,9,16-17H,1-2,4-5,7-8,10-15H2,(H,22,25)/t16-,17-/m0/s1. The van der Waals surface area contributed by atoms with Crippen LogP contribution in [0.25, 0.3) is 0 Å². The molecule has 0 aromatic carbocycles. The minimum absolute atomic E-state index is 0.00468. The fourth-order valence-electron chi connectivity index (χ4n) is 4.15. The van der Waals surface area contributed by atoms with Crippen LogP contribution < -0.4 is 15.0 Å². The molecule has 27 heavy (non-hydrogen) atoms. The zero-order chi connectivity index (χ0) is 18.5. The van der Waals surface area contributed by atoms with Crippen LogP contribution in [0.1, 0.15) is 38.5 Å². The van der Waals surface area contributed by atoms with Gasteiger partial charge in [0, 0.05) is 45.4 Å². The number of ether oxygens (including phenoxy) is 2. The molecule has 3 fully saturated rings. The second-order valence-corrected chi connectivity index (χ2v) is 7.65. The normalized spacial score (nSPS) is 25.2. The van der Waals surface area contributed by atoms with Crippen molar-refractivity contribution in [2.75, 3.05) is 44.2 Å². The summed E-state index contributed by atoms with van der Waals surface area (Å²) in [6.45, 7) is 4.97. The fourth-order valence-corrected chi connectivity index (χ4v) is 4.15. The molecule has 3 aliphatic heterocycles. The van der Waals surface area contributed by atoms with Crippen LogP contribution in [-0.4, -0.2) is 67.5 Å².